The normalized spacial score (nSPS) is 0. The molecule has 0 aliphatic carbocycles. The summed E-state index contributed by atoms with van der Waals surface area (Å²) in [5, 5.41) is 0. The van der Waals surface area contributed by atoms with Crippen molar-refractivity contribution in [2.45, 2.75) is 0 Å². The van der Waals surface area contributed by atoms with Crippen LogP contribution in [0.2, 0.25) is 0 Å². The molecule has 5 heteroatoms. The minimum Gasteiger partial charge on any atom is -0.412 e. The molecule has 5 nitrogen and oxygen atoms in total. The average molecular weight is 90.1 g/mol. The Morgan fingerprint density at radius 1 is 0.400 bits per heavy atom. The average Bonchev–Trinajstić information content (AvgIpc) is 0. The van der Waals surface area contributed by atoms with Crippen molar-refractivity contribution in [3.05, 3.63) is 0 Å². The van der Waals surface area contributed by atoms with Gasteiger partial charge in [-0.15, -0.1) is 0 Å². The van der Waals surface area contributed by atoms with Crippen LogP contribution in [0.4, 0.5) is 0 Å². The minimum atomic E-state index is 0. The predicted octanol–water partition coefficient (Wildman–Crippen LogP) is -2.92. The van der Waals surface area contributed by atoms with E-state index in [4.69, 9.17) is 0 Å². The molecule has 0 radical (unpaired) electrons. The quantitative estimate of drug-likeness (QED) is 0.322. The Hall–Kier alpha value is -0.200. The zero-order valence-corrected chi connectivity index (χ0v) is 3.00. The van der Waals surface area contributed by atoms with E-state index in [1.54, 1.807) is 0 Å². The molecule has 0 rings (SSSR count). The van der Waals surface area contributed by atoms with Crippen molar-refractivity contribution < 1.29 is 21.9 Å². The predicted molar refractivity (Wildman–Crippen MR) is 20.4 cm³/mol. The molecular formula is H12NO4+. The van der Waals surface area contributed by atoms with Crippen molar-refractivity contribution in [1.82, 2.24) is 6.15 Å². The molecule has 0 amide bonds. The molecule has 0 aromatic carbocycles. The van der Waals surface area contributed by atoms with Crippen molar-refractivity contribution in [3.8, 4) is 0 Å². The van der Waals surface area contributed by atoms with Gasteiger partial charge in [0, 0.05) is 0 Å². The summed E-state index contributed by atoms with van der Waals surface area (Å²) in [6.45, 7) is 0. The molecule has 0 spiro atoms. The maximum Gasteiger partial charge on any atom is -0.369 e. The minimum absolute atomic E-state index is 0. The highest BCUT2D eigenvalue weighted by atomic mass is 16.0. The fraction of sp³-hybridized carbons (Fsp3) is 0. The SMILES string of the molecule is O.O.O.O.[NH4+]. The fourth-order valence-corrected chi connectivity index (χ4v) is 0. The third kappa shape index (κ3) is 308. The van der Waals surface area contributed by atoms with Gasteiger partial charge in [-0.3, -0.25) is 0 Å². The van der Waals surface area contributed by atoms with Crippen molar-refractivity contribution >= 4 is 0 Å². The van der Waals surface area contributed by atoms with Gasteiger partial charge in [0.15, 0.2) is 0 Å². The molecule has 0 aromatic rings. The van der Waals surface area contributed by atoms with Gasteiger partial charge in [0.1, 0.15) is 0 Å². The second-order valence-corrected chi connectivity index (χ2v) is 0. The van der Waals surface area contributed by atoms with E-state index in [0.717, 1.165) is 0 Å². The van der Waals surface area contributed by atoms with Gasteiger partial charge >= 0.3 is 0 Å². The molecule has 0 atom stereocenters. The molecule has 5 heavy (non-hydrogen) atoms. The molecular weight excluding hydrogens is 78.0 g/mol. The molecule has 0 aliphatic heterocycles. The molecule has 40 valence electrons. The van der Waals surface area contributed by atoms with Crippen LogP contribution in [0.3, 0.4) is 0 Å². The van der Waals surface area contributed by atoms with Crippen LogP contribution in [-0.4, -0.2) is 21.9 Å². The first kappa shape index (κ1) is 1730. The summed E-state index contributed by atoms with van der Waals surface area (Å²) in [6, 6.07) is 0. The van der Waals surface area contributed by atoms with Gasteiger partial charge in [-0.25, -0.2) is 0 Å². The lowest BCUT2D eigenvalue weighted by Crippen LogP contribution is -0.481. The highest BCUT2D eigenvalue weighted by Gasteiger charge is -0.369. The van der Waals surface area contributed by atoms with Gasteiger partial charge in [-0.1, -0.05) is 0 Å². The molecule has 0 aromatic heterocycles. The number of quaternary nitrogens is 1. The fourth-order valence-electron chi connectivity index (χ4n) is 0. The lowest BCUT2D eigenvalue weighted by molar-refractivity contribution is 0.823. The molecule has 0 fully saturated rings. The highest BCUT2D eigenvalue weighted by molar-refractivity contribution is 2.13. The van der Waals surface area contributed by atoms with Gasteiger partial charge in [-0.05, 0) is 0 Å². The van der Waals surface area contributed by atoms with Crippen molar-refractivity contribution in [1.29, 1.82) is 0 Å². The first-order valence-electron chi connectivity index (χ1n) is 0. The molecule has 0 unspecified atom stereocenters. The maximum atomic E-state index is 0. The Kier molecular flexibility index (Phi) is 258000. The summed E-state index contributed by atoms with van der Waals surface area (Å²) >= 11 is 0. The van der Waals surface area contributed by atoms with Gasteiger partial charge in [0.05, 0.1) is 0 Å². The first-order valence-corrected chi connectivity index (χ1v) is 0. The Bertz CT molecular complexity index is 3.61. The Balaban J connectivity index is 0. The van der Waals surface area contributed by atoms with Crippen LogP contribution in [0.15, 0.2) is 0 Å². The maximum absolute atomic E-state index is 0. The van der Waals surface area contributed by atoms with Crippen LogP contribution in [0.5, 0.6) is 0 Å². The van der Waals surface area contributed by atoms with E-state index in [1.807, 2.05) is 0 Å². The summed E-state index contributed by atoms with van der Waals surface area (Å²) in [5.41, 5.74) is 0. The first-order chi connectivity index (χ1) is 0. The summed E-state index contributed by atoms with van der Waals surface area (Å²) in [5.74, 6) is 0. The van der Waals surface area contributed by atoms with E-state index in [-0.39, 0.29) is 28.1 Å². The van der Waals surface area contributed by atoms with Gasteiger partial charge in [0.2, 0.25) is 0 Å². The topological polar surface area (TPSA) is 162 Å². The molecule has 0 saturated carbocycles. The monoisotopic (exact) mass is 90.1 g/mol. The van der Waals surface area contributed by atoms with Crippen LogP contribution >= 0.6 is 0 Å². The van der Waals surface area contributed by atoms with Crippen molar-refractivity contribution in [3.63, 3.8) is 0 Å². The summed E-state index contributed by atoms with van der Waals surface area (Å²) in [7, 11) is 0. The lowest BCUT2D eigenvalue weighted by Gasteiger charge is -0.413. The smallest absolute Gasteiger partial charge is 0.369 e. The summed E-state index contributed by atoms with van der Waals surface area (Å²) in [6.07, 6.45) is 0. The Morgan fingerprint density at radius 2 is 0.400 bits per heavy atom. The number of hydrogen-bond acceptors (Lipinski definition) is 0. The molecule has 0 aliphatic rings. The summed E-state index contributed by atoms with van der Waals surface area (Å²) in [4.78, 5) is 0. The van der Waals surface area contributed by atoms with Crippen LogP contribution < -0.4 is 6.15 Å². The van der Waals surface area contributed by atoms with E-state index < -0.39 is 0 Å². The number of rotatable bonds is 0. The molecule has 0 heterocycles. The molecule has 12 N–H and O–H groups in total. The third-order valence-corrected chi connectivity index (χ3v) is 0. The van der Waals surface area contributed by atoms with Gasteiger partial charge < -0.3 is 28.1 Å². The third-order valence-electron chi connectivity index (χ3n) is 0. The lowest BCUT2D eigenvalue weighted by atomic mass is 14.0. The van der Waals surface area contributed by atoms with Crippen LogP contribution in [-0.2, 0) is 0 Å². The Labute approximate surface area is 29.4 Å². The standard InChI is InChI=1S/H3N.4H2O/h1H3;4*1H2/p+1. The Morgan fingerprint density at radius 3 is 0.400 bits per heavy atom. The second kappa shape index (κ2) is 745. The van der Waals surface area contributed by atoms with Gasteiger partial charge in [-0.2, -0.15) is 0 Å². The molecule has 0 saturated heterocycles. The van der Waals surface area contributed by atoms with Gasteiger partial charge in [0.25, 0.3) is 0 Å². The van der Waals surface area contributed by atoms with E-state index in [0.29, 0.717) is 0 Å². The van der Waals surface area contributed by atoms with E-state index in [9.17, 15) is 0 Å². The highest BCUT2D eigenvalue weighted by Crippen LogP contribution is -0.286. The van der Waals surface area contributed by atoms with E-state index in [2.05, 4.69) is 0 Å². The van der Waals surface area contributed by atoms with Crippen LogP contribution in [0.1, 0.15) is 0 Å². The number of hydrogen-bond donors (Lipinski definition) is 1. The summed E-state index contributed by atoms with van der Waals surface area (Å²) < 4.78 is 0. The van der Waals surface area contributed by atoms with E-state index in [1.165, 1.54) is 0 Å². The largest absolute Gasteiger partial charge is 0.412 e. The van der Waals surface area contributed by atoms with Crippen LogP contribution in [0.25, 0.3) is 0 Å². The zero-order valence-electron chi connectivity index (χ0n) is 3.00. The van der Waals surface area contributed by atoms with E-state index >= 15 is 0 Å². The second-order valence-electron chi connectivity index (χ2n) is 0. The van der Waals surface area contributed by atoms with Crippen molar-refractivity contribution in [2.75, 3.05) is 0 Å². The zero-order chi connectivity index (χ0) is 0. The molecule has 0 bridgehead atoms. The van der Waals surface area contributed by atoms with Crippen molar-refractivity contribution in [2.24, 2.45) is 0 Å². The van der Waals surface area contributed by atoms with Crippen LogP contribution in [0, 0.1) is 0 Å².